The second-order valence-electron chi connectivity index (χ2n) is 5.91. The molecule has 0 atom stereocenters. The van der Waals surface area contributed by atoms with Gasteiger partial charge < -0.3 is 9.64 Å². The van der Waals surface area contributed by atoms with E-state index in [2.05, 4.69) is 0 Å². The van der Waals surface area contributed by atoms with Crippen LogP contribution >= 0.6 is 11.8 Å². The molecule has 0 saturated heterocycles. The van der Waals surface area contributed by atoms with Crippen LogP contribution in [0.4, 0.5) is 4.79 Å². The van der Waals surface area contributed by atoms with Gasteiger partial charge in [-0.15, -0.1) is 0 Å². The van der Waals surface area contributed by atoms with E-state index in [4.69, 9.17) is 4.74 Å². The van der Waals surface area contributed by atoms with Crippen molar-refractivity contribution in [3.63, 3.8) is 0 Å². The monoisotopic (exact) mass is 379 g/mol. The molecule has 0 aliphatic carbocycles. The summed E-state index contributed by atoms with van der Waals surface area (Å²) in [4.78, 5) is 27.6. The smallest absolute Gasteiger partial charge is 0.343 e. The summed E-state index contributed by atoms with van der Waals surface area (Å²) in [7, 11) is 0. The van der Waals surface area contributed by atoms with Gasteiger partial charge in [0, 0.05) is 23.4 Å². The summed E-state index contributed by atoms with van der Waals surface area (Å²) in [5.74, 6) is 0.0368. The molecule has 0 heterocycles. The van der Waals surface area contributed by atoms with Gasteiger partial charge in [-0.05, 0) is 55.3 Å². The Hall–Kier alpha value is -2.79. The van der Waals surface area contributed by atoms with Gasteiger partial charge in [0.05, 0.1) is 5.56 Å². The molecule has 5 heteroatoms. The van der Waals surface area contributed by atoms with Gasteiger partial charge in [-0.3, -0.25) is 4.79 Å². The standard InChI is InChI=1S/C22H21NO3S/c1-3-23(4-2)22(25)27-19-15-9-13-16-12-8-14-18(20(16)19)26-21(24)17-10-6-5-7-11-17/h5-15H,3-4H2,1-2H3. The number of benzene rings is 3. The minimum atomic E-state index is -0.419. The van der Waals surface area contributed by atoms with Crippen LogP contribution in [0, 0.1) is 0 Å². The van der Waals surface area contributed by atoms with E-state index >= 15 is 0 Å². The third-order valence-electron chi connectivity index (χ3n) is 4.26. The van der Waals surface area contributed by atoms with Gasteiger partial charge in [0.25, 0.3) is 5.24 Å². The molecule has 138 valence electrons. The number of ether oxygens (including phenoxy) is 1. The molecule has 27 heavy (non-hydrogen) atoms. The van der Waals surface area contributed by atoms with Gasteiger partial charge >= 0.3 is 5.97 Å². The van der Waals surface area contributed by atoms with Crippen molar-refractivity contribution in [3.8, 4) is 5.75 Å². The zero-order valence-corrected chi connectivity index (χ0v) is 16.2. The Bertz CT molecular complexity index is 947. The summed E-state index contributed by atoms with van der Waals surface area (Å²) < 4.78 is 5.67. The highest BCUT2D eigenvalue weighted by molar-refractivity contribution is 8.13. The first kappa shape index (κ1) is 19.0. The normalized spacial score (nSPS) is 10.6. The summed E-state index contributed by atoms with van der Waals surface area (Å²) in [6.45, 7) is 5.22. The zero-order valence-electron chi connectivity index (χ0n) is 15.3. The van der Waals surface area contributed by atoms with E-state index in [0.717, 1.165) is 27.4 Å². The lowest BCUT2D eigenvalue weighted by Gasteiger charge is -2.18. The molecule has 0 aliphatic rings. The van der Waals surface area contributed by atoms with E-state index in [-0.39, 0.29) is 5.24 Å². The fourth-order valence-corrected chi connectivity index (χ4v) is 3.86. The number of fused-ring (bicyclic) bond motifs is 1. The van der Waals surface area contributed by atoms with Crippen molar-refractivity contribution in [2.75, 3.05) is 13.1 Å². The van der Waals surface area contributed by atoms with Crippen molar-refractivity contribution in [3.05, 3.63) is 72.3 Å². The molecule has 0 saturated carbocycles. The molecule has 0 fully saturated rings. The molecule has 0 aliphatic heterocycles. The molecule has 4 nitrogen and oxygen atoms in total. The summed E-state index contributed by atoms with van der Waals surface area (Å²) in [6.07, 6.45) is 0. The maximum atomic E-state index is 12.6. The lowest BCUT2D eigenvalue weighted by Crippen LogP contribution is -2.26. The largest absolute Gasteiger partial charge is 0.422 e. The lowest BCUT2D eigenvalue weighted by molar-refractivity contribution is 0.0737. The van der Waals surface area contributed by atoms with Crippen LogP contribution in [0.25, 0.3) is 10.8 Å². The molecule has 3 rings (SSSR count). The van der Waals surface area contributed by atoms with Crippen molar-refractivity contribution >= 4 is 33.7 Å². The van der Waals surface area contributed by atoms with E-state index in [1.54, 1.807) is 35.2 Å². The van der Waals surface area contributed by atoms with Crippen molar-refractivity contribution in [2.45, 2.75) is 18.7 Å². The zero-order chi connectivity index (χ0) is 19.2. The molecular weight excluding hydrogens is 358 g/mol. The number of nitrogens with zero attached hydrogens (tertiary/aromatic N) is 1. The Morgan fingerprint density at radius 1 is 0.889 bits per heavy atom. The van der Waals surface area contributed by atoms with Crippen LogP contribution in [0.2, 0.25) is 0 Å². The SMILES string of the molecule is CCN(CC)C(=O)Sc1cccc2cccc(OC(=O)c3ccccc3)c12. The highest BCUT2D eigenvalue weighted by atomic mass is 32.2. The van der Waals surface area contributed by atoms with Crippen LogP contribution in [-0.2, 0) is 0 Å². The molecule has 0 radical (unpaired) electrons. The third kappa shape index (κ3) is 4.31. The van der Waals surface area contributed by atoms with Crippen LogP contribution in [0.1, 0.15) is 24.2 Å². The average molecular weight is 379 g/mol. The Balaban J connectivity index is 1.97. The maximum absolute atomic E-state index is 12.6. The number of esters is 1. The summed E-state index contributed by atoms with van der Waals surface area (Å²) in [5, 5.41) is 1.68. The predicted octanol–water partition coefficient (Wildman–Crippen LogP) is 5.61. The third-order valence-corrected chi connectivity index (χ3v) is 5.25. The first-order chi connectivity index (χ1) is 13.1. The second kappa shape index (κ2) is 8.73. The van der Waals surface area contributed by atoms with Crippen LogP contribution in [0.5, 0.6) is 5.75 Å². The highest BCUT2D eigenvalue weighted by Gasteiger charge is 2.17. The molecule has 1 amide bonds. The van der Waals surface area contributed by atoms with Crippen LogP contribution in [-0.4, -0.2) is 29.2 Å². The molecule has 0 aromatic heterocycles. The van der Waals surface area contributed by atoms with E-state index in [1.807, 2.05) is 50.2 Å². The fraction of sp³-hybridized carbons (Fsp3) is 0.182. The van der Waals surface area contributed by atoms with E-state index < -0.39 is 5.97 Å². The highest BCUT2D eigenvalue weighted by Crippen LogP contribution is 2.36. The number of hydrogen-bond acceptors (Lipinski definition) is 4. The van der Waals surface area contributed by atoms with Crippen molar-refractivity contribution in [1.29, 1.82) is 0 Å². The van der Waals surface area contributed by atoms with Gasteiger partial charge in [-0.25, -0.2) is 4.79 Å². The minimum Gasteiger partial charge on any atom is -0.422 e. The summed E-state index contributed by atoms with van der Waals surface area (Å²) >= 11 is 1.16. The molecular formula is C22H21NO3S. The first-order valence-corrected chi connectivity index (χ1v) is 9.71. The van der Waals surface area contributed by atoms with E-state index in [1.165, 1.54) is 0 Å². The second-order valence-corrected chi connectivity index (χ2v) is 6.90. The van der Waals surface area contributed by atoms with Gasteiger partial charge in [0.2, 0.25) is 0 Å². The number of thioether (sulfide) groups is 1. The Morgan fingerprint density at radius 2 is 1.56 bits per heavy atom. The van der Waals surface area contributed by atoms with Crippen molar-refractivity contribution in [1.82, 2.24) is 4.90 Å². The van der Waals surface area contributed by atoms with Crippen LogP contribution < -0.4 is 4.74 Å². The Morgan fingerprint density at radius 3 is 2.22 bits per heavy atom. The van der Waals surface area contributed by atoms with Crippen LogP contribution in [0.15, 0.2) is 71.6 Å². The topological polar surface area (TPSA) is 46.6 Å². The molecule has 3 aromatic carbocycles. The molecule has 0 unspecified atom stereocenters. The van der Waals surface area contributed by atoms with Gasteiger partial charge in [0.15, 0.2) is 0 Å². The van der Waals surface area contributed by atoms with Crippen molar-refractivity contribution < 1.29 is 14.3 Å². The molecule has 0 N–H and O–H groups in total. The van der Waals surface area contributed by atoms with Crippen molar-refractivity contribution in [2.24, 2.45) is 0 Å². The quantitative estimate of drug-likeness (QED) is 0.328. The molecule has 3 aromatic rings. The number of carbonyl (C=O) groups excluding carboxylic acids is 2. The van der Waals surface area contributed by atoms with Crippen LogP contribution in [0.3, 0.4) is 0 Å². The lowest BCUT2D eigenvalue weighted by atomic mass is 10.1. The number of amides is 1. The maximum Gasteiger partial charge on any atom is 0.343 e. The van der Waals surface area contributed by atoms with E-state index in [0.29, 0.717) is 24.4 Å². The average Bonchev–Trinajstić information content (AvgIpc) is 2.70. The number of rotatable bonds is 5. The summed E-state index contributed by atoms with van der Waals surface area (Å²) in [5.41, 5.74) is 0.485. The predicted molar refractivity (Wildman–Crippen MR) is 110 cm³/mol. The summed E-state index contributed by atoms with van der Waals surface area (Å²) in [6, 6.07) is 20.2. The van der Waals surface area contributed by atoms with Gasteiger partial charge in [0.1, 0.15) is 5.75 Å². The van der Waals surface area contributed by atoms with Gasteiger partial charge in [-0.2, -0.15) is 0 Å². The molecule has 0 bridgehead atoms. The molecule has 0 spiro atoms. The fourth-order valence-electron chi connectivity index (χ4n) is 2.82. The number of carbonyl (C=O) groups is 2. The van der Waals surface area contributed by atoms with Gasteiger partial charge in [-0.1, -0.05) is 42.5 Å². The Kier molecular flexibility index (Phi) is 6.14. The number of hydrogen-bond donors (Lipinski definition) is 0. The van der Waals surface area contributed by atoms with E-state index in [9.17, 15) is 9.59 Å². The first-order valence-electron chi connectivity index (χ1n) is 8.89. The minimum absolute atomic E-state index is 0.0170. The Labute approximate surface area is 163 Å².